The van der Waals surface area contributed by atoms with Gasteiger partial charge in [0.05, 0.1) is 35.1 Å². The van der Waals surface area contributed by atoms with E-state index in [1.54, 1.807) is 24.7 Å². The van der Waals surface area contributed by atoms with E-state index in [4.69, 9.17) is 0 Å². The molecule has 0 aliphatic heterocycles. The molecule has 0 spiro atoms. The Morgan fingerprint density at radius 1 is 1.32 bits per heavy atom. The van der Waals surface area contributed by atoms with E-state index in [0.29, 0.717) is 17.9 Å². The third kappa shape index (κ3) is 3.42. The highest BCUT2D eigenvalue weighted by molar-refractivity contribution is 6.01. The molecule has 3 atom stereocenters. The number of nitrogens with one attached hydrogen (secondary N) is 1. The minimum atomic E-state index is -1.05. The van der Waals surface area contributed by atoms with Gasteiger partial charge in [0.15, 0.2) is 0 Å². The molecule has 4 heterocycles. The van der Waals surface area contributed by atoms with Crippen molar-refractivity contribution in [2.45, 2.75) is 39.0 Å². The molecule has 1 amide bonds. The Morgan fingerprint density at radius 2 is 2.13 bits per heavy atom. The van der Waals surface area contributed by atoms with Gasteiger partial charge in [0.1, 0.15) is 12.0 Å². The third-order valence-electron chi connectivity index (χ3n) is 5.81. The highest BCUT2D eigenvalue weighted by atomic mass is 19.1. The molecule has 31 heavy (non-hydrogen) atoms. The lowest BCUT2D eigenvalue weighted by molar-refractivity contribution is -0.117. The molecule has 0 radical (unpaired) electrons. The summed E-state index contributed by atoms with van der Waals surface area (Å²) in [5.41, 5.74) is 4.25. The van der Waals surface area contributed by atoms with Crippen molar-refractivity contribution in [1.82, 2.24) is 19.6 Å². The normalized spacial score (nSPS) is 19.0. The first kappa shape index (κ1) is 19.6. The number of hydrogen-bond acceptors (Lipinski definition) is 5. The highest BCUT2D eigenvalue weighted by Gasteiger charge is 2.43. The van der Waals surface area contributed by atoms with E-state index in [1.165, 1.54) is 0 Å². The molecule has 4 aromatic heterocycles. The van der Waals surface area contributed by atoms with Crippen LogP contribution in [-0.4, -0.2) is 36.8 Å². The van der Waals surface area contributed by atoms with Crippen molar-refractivity contribution in [2.75, 3.05) is 5.32 Å². The van der Waals surface area contributed by atoms with Crippen LogP contribution in [0.2, 0.25) is 0 Å². The average Bonchev–Trinajstić information content (AvgIpc) is 3.30. The maximum atomic E-state index is 13.2. The summed E-state index contributed by atoms with van der Waals surface area (Å²) >= 11 is 0. The molecule has 4 aromatic rings. The van der Waals surface area contributed by atoms with E-state index in [1.807, 2.05) is 36.6 Å². The summed E-state index contributed by atoms with van der Waals surface area (Å²) in [7, 11) is 0. The Hall–Kier alpha value is -3.39. The van der Waals surface area contributed by atoms with E-state index < -0.39 is 18.2 Å². The summed E-state index contributed by atoms with van der Waals surface area (Å²) in [6.45, 7) is 3.89. The van der Waals surface area contributed by atoms with Crippen molar-refractivity contribution in [2.24, 2.45) is 5.92 Å². The molecular weight excluding hydrogens is 397 g/mol. The van der Waals surface area contributed by atoms with Gasteiger partial charge in [-0.1, -0.05) is 6.92 Å². The van der Waals surface area contributed by atoms with Crippen LogP contribution < -0.4 is 5.32 Å². The van der Waals surface area contributed by atoms with Gasteiger partial charge in [-0.15, -0.1) is 0 Å². The smallest absolute Gasteiger partial charge is 0.231 e. The van der Waals surface area contributed by atoms with Crippen molar-refractivity contribution in [3.63, 3.8) is 0 Å². The molecule has 1 aliphatic carbocycles. The summed E-state index contributed by atoms with van der Waals surface area (Å²) in [5.74, 6) is -0.515. The fourth-order valence-corrected chi connectivity index (χ4v) is 3.86. The number of fused-ring (bicyclic) bond motifs is 3. The summed E-state index contributed by atoms with van der Waals surface area (Å²) < 4.78 is 15.0. The maximum absolute atomic E-state index is 13.2. The molecule has 7 nitrogen and oxygen atoms in total. The van der Waals surface area contributed by atoms with Gasteiger partial charge >= 0.3 is 0 Å². The Labute approximate surface area is 178 Å². The molecular formula is C23H22FN5O2. The lowest BCUT2D eigenvalue weighted by atomic mass is 10.0. The minimum absolute atomic E-state index is 0.275. The molecule has 1 aliphatic rings. The lowest BCUT2D eigenvalue weighted by Crippen LogP contribution is -2.15. The number of hydrogen-bond donors (Lipinski definition) is 2. The monoisotopic (exact) mass is 419 g/mol. The number of anilines is 1. The Morgan fingerprint density at radius 3 is 2.84 bits per heavy atom. The van der Waals surface area contributed by atoms with Crippen molar-refractivity contribution in [1.29, 1.82) is 0 Å². The number of aromatic nitrogens is 4. The summed E-state index contributed by atoms with van der Waals surface area (Å²) in [6.07, 6.45) is 4.41. The van der Waals surface area contributed by atoms with Crippen LogP contribution in [0.1, 0.15) is 37.1 Å². The first-order valence-corrected chi connectivity index (χ1v) is 10.3. The Bertz CT molecular complexity index is 1320. The molecule has 0 saturated heterocycles. The fourth-order valence-electron chi connectivity index (χ4n) is 3.86. The highest BCUT2D eigenvalue weighted by Crippen LogP contribution is 2.35. The van der Waals surface area contributed by atoms with Crippen molar-refractivity contribution in [3.8, 4) is 11.3 Å². The standard InChI is InChI=1S/C23H22FN5O2/c1-3-21(30)18-6-12(2)16(11-25-18)20-7-13-10-26-22(28-23(31)15-8-17(15)24)9-14(13)19-4-5-27-29(19)20/h4-7,9-11,15,17,21,30H,3,8H2,1-2H3,(H,26,28,31)/t15-,17+,21-/m1/s1. The minimum Gasteiger partial charge on any atom is -0.387 e. The van der Waals surface area contributed by atoms with Crippen LogP contribution in [0.25, 0.3) is 27.5 Å². The van der Waals surface area contributed by atoms with Crippen molar-refractivity contribution < 1.29 is 14.3 Å². The van der Waals surface area contributed by atoms with Gasteiger partial charge in [0.2, 0.25) is 5.91 Å². The number of alkyl halides is 1. The number of rotatable bonds is 5. The quantitative estimate of drug-likeness (QED) is 0.510. The predicted molar refractivity (Wildman–Crippen MR) is 115 cm³/mol. The zero-order valence-corrected chi connectivity index (χ0v) is 17.2. The second-order valence-electron chi connectivity index (χ2n) is 8.01. The SMILES string of the molecule is CC[C@@H](O)c1cc(C)c(-c2cc3cnc(NC(=O)[C@@H]4C[C@@H]4F)cc3c3ccnn23)cn1. The van der Waals surface area contributed by atoms with Crippen LogP contribution in [0.5, 0.6) is 0 Å². The molecule has 5 rings (SSSR count). The molecule has 2 N–H and O–H groups in total. The van der Waals surface area contributed by atoms with Gasteiger partial charge in [-0.2, -0.15) is 5.10 Å². The van der Waals surface area contributed by atoms with E-state index >= 15 is 0 Å². The molecule has 1 fully saturated rings. The van der Waals surface area contributed by atoms with Crippen LogP contribution in [-0.2, 0) is 4.79 Å². The van der Waals surface area contributed by atoms with E-state index in [0.717, 1.165) is 33.1 Å². The van der Waals surface area contributed by atoms with Crippen molar-refractivity contribution in [3.05, 3.63) is 54.1 Å². The van der Waals surface area contributed by atoms with E-state index in [9.17, 15) is 14.3 Å². The second-order valence-corrected chi connectivity index (χ2v) is 8.01. The van der Waals surface area contributed by atoms with Crippen LogP contribution >= 0.6 is 0 Å². The Balaban J connectivity index is 1.58. The number of aryl methyl sites for hydroxylation is 1. The van der Waals surface area contributed by atoms with E-state index in [2.05, 4.69) is 20.4 Å². The second kappa shape index (κ2) is 7.39. The number of nitrogens with zero attached hydrogens (tertiary/aromatic N) is 4. The van der Waals surface area contributed by atoms with Crippen LogP contribution in [0.15, 0.2) is 42.9 Å². The molecule has 158 valence electrons. The molecule has 8 heteroatoms. The molecule has 0 aromatic carbocycles. The van der Waals surface area contributed by atoms with Gasteiger partial charge in [0, 0.05) is 28.7 Å². The average molecular weight is 419 g/mol. The number of aliphatic hydroxyl groups is 1. The topological polar surface area (TPSA) is 92.4 Å². The molecule has 0 unspecified atom stereocenters. The number of halogens is 1. The van der Waals surface area contributed by atoms with Crippen LogP contribution in [0.3, 0.4) is 0 Å². The van der Waals surface area contributed by atoms with Crippen LogP contribution in [0, 0.1) is 12.8 Å². The summed E-state index contributed by atoms with van der Waals surface area (Å²) in [4.78, 5) is 20.9. The van der Waals surface area contributed by atoms with Gasteiger partial charge in [-0.05, 0) is 49.6 Å². The van der Waals surface area contributed by atoms with Gasteiger partial charge < -0.3 is 10.4 Å². The number of amides is 1. The van der Waals surface area contributed by atoms with Gasteiger partial charge in [0.25, 0.3) is 0 Å². The zero-order chi connectivity index (χ0) is 21.7. The molecule has 0 bridgehead atoms. The first-order chi connectivity index (χ1) is 15.0. The number of pyridine rings is 3. The first-order valence-electron chi connectivity index (χ1n) is 10.3. The number of aliphatic hydroxyl groups excluding tert-OH is 1. The Kier molecular flexibility index (Phi) is 4.66. The number of carbonyl (C=O) groups excluding carboxylic acids is 1. The third-order valence-corrected chi connectivity index (χ3v) is 5.81. The van der Waals surface area contributed by atoms with Gasteiger partial charge in [-0.3, -0.25) is 9.78 Å². The molecule has 1 saturated carbocycles. The summed E-state index contributed by atoms with van der Waals surface area (Å²) in [6, 6.07) is 7.56. The number of carbonyl (C=O) groups is 1. The summed E-state index contributed by atoms with van der Waals surface area (Å²) in [5, 5.41) is 19.0. The lowest BCUT2D eigenvalue weighted by Gasteiger charge is -2.14. The predicted octanol–water partition coefficient (Wildman–Crippen LogP) is 3.99. The largest absolute Gasteiger partial charge is 0.387 e. The van der Waals surface area contributed by atoms with Gasteiger partial charge in [-0.25, -0.2) is 13.9 Å². The van der Waals surface area contributed by atoms with Crippen LogP contribution in [0.4, 0.5) is 10.2 Å². The fraction of sp³-hybridized carbons (Fsp3) is 0.304. The maximum Gasteiger partial charge on any atom is 0.231 e. The van der Waals surface area contributed by atoms with E-state index in [-0.39, 0.29) is 12.3 Å². The van der Waals surface area contributed by atoms with Crippen molar-refractivity contribution >= 4 is 28.0 Å². The zero-order valence-electron chi connectivity index (χ0n) is 17.2.